The van der Waals surface area contributed by atoms with Gasteiger partial charge < -0.3 is 9.47 Å². The van der Waals surface area contributed by atoms with Crippen LogP contribution in [-0.2, 0) is 10.0 Å². The molecule has 0 atom stereocenters. The molecule has 0 spiro atoms. The molecular formula is C13H21NO4S. The van der Waals surface area contributed by atoms with E-state index in [1.165, 1.54) is 24.6 Å². The number of ether oxygens (including phenoxy) is 2. The van der Waals surface area contributed by atoms with Crippen LogP contribution < -0.4 is 9.47 Å². The predicted octanol–water partition coefficient (Wildman–Crippen LogP) is 2.04. The Balaban J connectivity index is 3.48. The van der Waals surface area contributed by atoms with Gasteiger partial charge in [-0.25, -0.2) is 8.42 Å². The van der Waals surface area contributed by atoms with Crippen LogP contribution in [0, 0.1) is 6.92 Å². The minimum absolute atomic E-state index is 0.140. The fourth-order valence-corrected chi connectivity index (χ4v) is 3.54. The third-order valence-corrected chi connectivity index (χ3v) is 5.08. The molecule has 6 heteroatoms. The zero-order chi connectivity index (χ0) is 14.6. The third-order valence-electron chi connectivity index (χ3n) is 3.00. The maximum Gasteiger partial charge on any atom is 0.246 e. The van der Waals surface area contributed by atoms with Crippen molar-refractivity contribution in [3.05, 3.63) is 17.7 Å². The van der Waals surface area contributed by atoms with Crippen LogP contribution in [0.1, 0.15) is 19.4 Å². The Bertz CT molecular complexity index is 536. The Morgan fingerprint density at radius 1 is 1.05 bits per heavy atom. The lowest BCUT2D eigenvalue weighted by Gasteiger charge is -2.21. The van der Waals surface area contributed by atoms with E-state index in [0.29, 0.717) is 24.6 Å². The lowest BCUT2D eigenvalue weighted by atomic mass is 10.2. The highest BCUT2D eigenvalue weighted by atomic mass is 32.2. The molecule has 0 saturated carbocycles. The van der Waals surface area contributed by atoms with Crippen LogP contribution in [0.5, 0.6) is 11.5 Å². The maximum atomic E-state index is 12.5. The standard InChI is InChI=1S/C13H21NO4S/c1-6-14(7-2)19(15,16)13-9-11(17-4)10(3)8-12(13)18-5/h8-9H,6-7H2,1-5H3. The van der Waals surface area contributed by atoms with Crippen LogP contribution >= 0.6 is 0 Å². The van der Waals surface area contributed by atoms with E-state index in [-0.39, 0.29) is 4.90 Å². The molecule has 0 aliphatic rings. The molecule has 0 saturated heterocycles. The average Bonchev–Trinajstić information content (AvgIpc) is 2.39. The molecule has 1 rings (SSSR count). The first-order valence-electron chi connectivity index (χ1n) is 6.15. The molecule has 1 aromatic rings. The molecule has 0 bridgehead atoms. The van der Waals surface area contributed by atoms with Crippen molar-refractivity contribution in [2.75, 3.05) is 27.3 Å². The molecule has 0 radical (unpaired) electrons. The molecular weight excluding hydrogens is 266 g/mol. The second kappa shape index (κ2) is 6.25. The van der Waals surface area contributed by atoms with E-state index in [9.17, 15) is 8.42 Å². The van der Waals surface area contributed by atoms with Crippen LogP contribution in [0.3, 0.4) is 0 Å². The minimum atomic E-state index is -3.56. The Kier molecular flexibility index (Phi) is 5.20. The van der Waals surface area contributed by atoms with E-state index in [4.69, 9.17) is 9.47 Å². The van der Waals surface area contributed by atoms with Gasteiger partial charge in [-0.2, -0.15) is 4.31 Å². The van der Waals surface area contributed by atoms with Gasteiger partial charge in [-0.15, -0.1) is 0 Å². The Morgan fingerprint density at radius 2 is 1.58 bits per heavy atom. The number of methoxy groups -OCH3 is 2. The average molecular weight is 287 g/mol. The van der Waals surface area contributed by atoms with E-state index in [2.05, 4.69) is 0 Å². The molecule has 0 aliphatic carbocycles. The van der Waals surface area contributed by atoms with Crippen LogP contribution in [0.2, 0.25) is 0 Å². The third kappa shape index (κ3) is 3.01. The summed E-state index contributed by atoms with van der Waals surface area (Å²) in [6, 6.07) is 3.19. The number of rotatable bonds is 6. The number of benzene rings is 1. The molecule has 5 nitrogen and oxygen atoms in total. The highest BCUT2D eigenvalue weighted by molar-refractivity contribution is 7.89. The molecule has 0 unspecified atom stereocenters. The van der Waals surface area contributed by atoms with Crippen molar-refractivity contribution < 1.29 is 17.9 Å². The summed E-state index contributed by atoms with van der Waals surface area (Å²) in [5.41, 5.74) is 0.831. The smallest absolute Gasteiger partial charge is 0.246 e. The van der Waals surface area contributed by atoms with Gasteiger partial charge in [0.05, 0.1) is 14.2 Å². The monoisotopic (exact) mass is 287 g/mol. The van der Waals surface area contributed by atoms with Gasteiger partial charge in [0, 0.05) is 19.2 Å². The van der Waals surface area contributed by atoms with Crippen molar-refractivity contribution in [2.45, 2.75) is 25.7 Å². The molecule has 0 fully saturated rings. The molecule has 0 aliphatic heterocycles. The molecule has 108 valence electrons. The Hall–Kier alpha value is -1.27. The largest absolute Gasteiger partial charge is 0.496 e. The van der Waals surface area contributed by atoms with Crippen LogP contribution in [0.25, 0.3) is 0 Å². The van der Waals surface area contributed by atoms with Crippen molar-refractivity contribution in [3.8, 4) is 11.5 Å². The number of hydrogen-bond donors (Lipinski definition) is 0. The Labute approximate surface area is 115 Å². The summed E-state index contributed by atoms with van der Waals surface area (Å²) in [7, 11) is -0.588. The summed E-state index contributed by atoms with van der Waals surface area (Å²) < 4.78 is 36.9. The Morgan fingerprint density at radius 3 is 2.00 bits per heavy atom. The number of sulfonamides is 1. The molecule has 19 heavy (non-hydrogen) atoms. The number of hydrogen-bond acceptors (Lipinski definition) is 4. The van der Waals surface area contributed by atoms with Gasteiger partial charge in [0.15, 0.2) is 0 Å². The van der Waals surface area contributed by atoms with Gasteiger partial charge in [0.1, 0.15) is 16.4 Å². The van der Waals surface area contributed by atoms with E-state index in [1.54, 1.807) is 19.9 Å². The quantitative estimate of drug-likeness (QED) is 0.803. The summed E-state index contributed by atoms with van der Waals surface area (Å²) in [6.07, 6.45) is 0. The van der Waals surface area contributed by atoms with Gasteiger partial charge in [0.2, 0.25) is 10.0 Å². The summed E-state index contributed by atoms with van der Waals surface area (Å²) >= 11 is 0. The second-order valence-corrected chi connectivity index (χ2v) is 5.97. The molecule has 0 N–H and O–H groups in total. The van der Waals surface area contributed by atoms with Gasteiger partial charge in [-0.05, 0) is 18.6 Å². The zero-order valence-corrected chi connectivity index (χ0v) is 12.9. The van der Waals surface area contributed by atoms with E-state index in [1.807, 2.05) is 6.92 Å². The van der Waals surface area contributed by atoms with Crippen molar-refractivity contribution in [3.63, 3.8) is 0 Å². The van der Waals surface area contributed by atoms with Crippen molar-refractivity contribution in [1.29, 1.82) is 0 Å². The van der Waals surface area contributed by atoms with Crippen molar-refractivity contribution in [1.82, 2.24) is 4.31 Å². The first-order valence-corrected chi connectivity index (χ1v) is 7.59. The van der Waals surface area contributed by atoms with E-state index >= 15 is 0 Å². The SMILES string of the molecule is CCN(CC)S(=O)(=O)c1cc(OC)c(C)cc1OC. The molecule has 0 heterocycles. The van der Waals surface area contributed by atoms with Crippen LogP contribution in [-0.4, -0.2) is 40.0 Å². The molecule has 1 aromatic carbocycles. The fourth-order valence-electron chi connectivity index (χ4n) is 1.93. The zero-order valence-electron chi connectivity index (χ0n) is 12.1. The second-order valence-electron chi connectivity index (χ2n) is 4.06. The highest BCUT2D eigenvalue weighted by Crippen LogP contribution is 2.33. The van der Waals surface area contributed by atoms with Gasteiger partial charge >= 0.3 is 0 Å². The first kappa shape index (κ1) is 15.8. The molecule has 0 aromatic heterocycles. The van der Waals surface area contributed by atoms with E-state index < -0.39 is 10.0 Å². The fraction of sp³-hybridized carbons (Fsp3) is 0.538. The number of aryl methyl sites for hydroxylation is 1. The lowest BCUT2D eigenvalue weighted by molar-refractivity contribution is 0.384. The topological polar surface area (TPSA) is 55.8 Å². The van der Waals surface area contributed by atoms with E-state index in [0.717, 1.165) is 5.56 Å². The summed E-state index contributed by atoms with van der Waals surface area (Å²) in [6.45, 7) is 6.28. The summed E-state index contributed by atoms with van der Waals surface area (Å²) in [4.78, 5) is 0.140. The maximum absolute atomic E-state index is 12.5. The lowest BCUT2D eigenvalue weighted by Crippen LogP contribution is -2.31. The van der Waals surface area contributed by atoms with Crippen molar-refractivity contribution in [2.24, 2.45) is 0 Å². The summed E-state index contributed by atoms with van der Waals surface area (Å²) in [5.74, 6) is 0.872. The number of nitrogens with zero attached hydrogens (tertiary/aromatic N) is 1. The van der Waals surface area contributed by atoms with Crippen molar-refractivity contribution >= 4 is 10.0 Å². The predicted molar refractivity (Wildman–Crippen MR) is 74.4 cm³/mol. The van der Waals surface area contributed by atoms with Gasteiger partial charge in [-0.1, -0.05) is 13.8 Å². The summed E-state index contributed by atoms with van der Waals surface area (Å²) in [5, 5.41) is 0. The van der Waals surface area contributed by atoms with Crippen LogP contribution in [0.4, 0.5) is 0 Å². The van der Waals surface area contributed by atoms with Crippen LogP contribution in [0.15, 0.2) is 17.0 Å². The molecule has 0 amide bonds. The first-order chi connectivity index (χ1) is 8.92. The van der Waals surface area contributed by atoms with Gasteiger partial charge in [0.25, 0.3) is 0 Å². The van der Waals surface area contributed by atoms with Gasteiger partial charge in [-0.3, -0.25) is 0 Å². The minimum Gasteiger partial charge on any atom is -0.496 e. The normalized spacial score (nSPS) is 11.7. The highest BCUT2D eigenvalue weighted by Gasteiger charge is 2.26.